The van der Waals surface area contributed by atoms with Crippen molar-refractivity contribution in [3.05, 3.63) is 30.1 Å². The van der Waals surface area contributed by atoms with Crippen molar-refractivity contribution in [2.45, 2.75) is 32.4 Å². The van der Waals surface area contributed by atoms with Crippen LogP contribution in [0.15, 0.2) is 24.5 Å². The molecular weight excluding hydrogens is 248 g/mol. The van der Waals surface area contributed by atoms with Crippen LogP contribution in [0, 0.1) is 5.92 Å². The zero-order valence-electron chi connectivity index (χ0n) is 11.2. The van der Waals surface area contributed by atoms with Gasteiger partial charge in [0, 0.05) is 12.4 Å². The Morgan fingerprint density at radius 1 is 1.42 bits per heavy atom. The number of ether oxygens (including phenoxy) is 1. The summed E-state index contributed by atoms with van der Waals surface area (Å²) >= 11 is 0. The molecule has 0 spiro atoms. The number of hydrogen-bond donors (Lipinski definition) is 2. The van der Waals surface area contributed by atoms with Gasteiger partial charge in [0.2, 0.25) is 0 Å². The molecule has 1 unspecified atom stereocenters. The normalized spacial score (nSPS) is 14.5. The fraction of sp³-hybridized carbons (Fsp3) is 0.462. The summed E-state index contributed by atoms with van der Waals surface area (Å²) in [6.45, 7) is 5.00. The molecule has 3 N–H and O–H groups in total. The highest BCUT2D eigenvalue weighted by Gasteiger charge is 2.37. The highest BCUT2D eigenvalue weighted by molar-refractivity contribution is 5.95. The van der Waals surface area contributed by atoms with Gasteiger partial charge in [0.15, 0.2) is 5.92 Å². The number of carbonyl (C=O) groups is 2. The molecule has 0 radical (unpaired) electrons. The van der Waals surface area contributed by atoms with Crippen molar-refractivity contribution < 1.29 is 19.4 Å². The SMILES string of the molecule is CC(C)(C)OC(=O)[C@H](C(=O)O)C(N)c1cccnc1. The number of nitrogens with two attached hydrogens (primary N) is 1. The van der Waals surface area contributed by atoms with Crippen molar-refractivity contribution >= 4 is 11.9 Å². The second kappa shape index (κ2) is 5.79. The first-order chi connectivity index (χ1) is 8.72. The van der Waals surface area contributed by atoms with Gasteiger partial charge < -0.3 is 15.6 Å². The summed E-state index contributed by atoms with van der Waals surface area (Å²) in [7, 11) is 0. The summed E-state index contributed by atoms with van der Waals surface area (Å²) in [6.07, 6.45) is 2.98. The largest absolute Gasteiger partial charge is 0.481 e. The lowest BCUT2D eigenvalue weighted by atomic mass is 9.94. The number of hydrogen-bond acceptors (Lipinski definition) is 5. The summed E-state index contributed by atoms with van der Waals surface area (Å²) < 4.78 is 5.08. The molecule has 0 amide bonds. The van der Waals surface area contributed by atoms with Gasteiger partial charge in [0.1, 0.15) is 5.60 Å². The molecule has 0 aliphatic heterocycles. The smallest absolute Gasteiger partial charge is 0.322 e. The lowest BCUT2D eigenvalue weighted by Gasteiger charge is -2.25. The van der Waals surface area contributed by atoms with Gasteiger partial charge in [-0.3, -0.25) is 14.6 Å². The summed E-state index contributed by atoms with van der Waals surface area (Å²) in [5.41, 5.74) is 5.55. The molecule has 1 aromatic rings. The van der Waals surface area contributed by atoms with Crippen LogP contribution < -0.4 is 5.73 Å². The van der Waals surface area contributed by atoms with E-state index in [0.29, 0.717) is 5.56 Å². The first-order valence-electron chi connectivity index (χ1n) is 5.83. The van der Waals surface area contributed by atoms with Crippen LogP contribution in [0.4, 0.5) is 0 Å². The molecule has 0 saturated heterocycles. The molecule has 2 atom stereocenters. The molecule has 0 saturated carbocycles. The Labute approximate surface area is 111 Å². The van der Waals surface area contributed by atoms with Gasteiger partial charge in [-0.25, -0.2) is 0 Å². The minimum absolute atomic E-state index is 0.473. The predicted molar refractivity (Wildman–Crippen MR) is 68.1 cm³/mol. The van der Waals surface area contributed by atoms with Gasteiger partial charge in [-0.15, -0.1) is 0 Å². The molecule has 104 valence electrons. The predicted octanol–water partition coefficient (Wildman–Crippen LogP) is 1.12. The van der Waals surface area contributed by atoms with Crippen LogP contribution in [0.25, 0.3) is 0 Å². The maximum absolute atomic E-state index is 11.9. The third-order valence-electron chi connectivity index (χ3n) is 2.36. The zero-order chi connectivity index (χ0) is 14.6. The minimum Gasteiger partial charge on any atom is -0.481 e. The first-order valence-corrected chi connectivity index (χ1v) is 5.83. The number of rotatable bonds is 4. The van der Waals surface area contributed by atoms with Gasteiger partial charge in [0.05, 0.1) is 6.04 Å². The van der Waals surface area contributed by atoms with Crippen molar-refractivity contribution in [1.29, 1.82) is 0 Å². The molecule has 0 aliphatic carbocycles. The summed E-state index contributed by atoms with van der Waals surface area (Å²) in [4.78, 5) is 27.0. The van der Waals surface area contributed by atoms with Gasteiger partial charge in [-0.1, -0.05) is 6.07 Å². The number of carbonyl (C=O) groups excluding carboxylic acids is 1. The fourth-order valence-corrected chi connectivity index (χ4v) is 1.53. The maximum atomic E-state index is 11.9. The Balaban J connectivity index is 2.96. The van der Waals surface area contributed by atoms with E-state index < -0.39 is 29.5 Å². The number of esters is 1. The number of nitrogens with zero attached hydrogens (tertiary/aromatic N) is 1. The van der Waals surface area contributed by atoms with E-state index in [0.717, 1.165) is 0 Å². The number of pyridine rings is 1. The van der Waals surface area contributed by atoms with Crippen molar-refractivity contribution in [3.8, 4) is 0 Å². The molecule has 19 heavy (non-hydrogen) atoms. The van der Waals surface area contributed by atoms with E-state index in [-0.39, 0.29) is 0 Å². The van der Waals surface area contributed by atoms with Crippen molar-refractivity contribution in [3.63, 3.8) is 0 Å². The third-order valence-corrected chi connectivity index (χ3v) is 2.36. The topological polar surface area (TPSA) is 103 Å². The van der Waals surface area contributed by atoms with Gasteiger partial charge in [-0.05, 0) is 32.4 Å². The van der Waals surface area contributed by atoms with Gasteiger partial charge in [-0.2, -0.15) is 0 Å². The van der Waals surface area contributed by atoms with Crippen LogP contribution in [0.5, 0.6) is 0 Å². The van der Waals surface area contributed by atoms with Gasteiger partial charge in [0.25, 0.3) is 0 Å². The molecule has 6 nitrogen and oxygen atoms in total. The molecule has 0 bridgehead atoms. The van der Waals surface area contributed by atoms with E-state index in [4.69, 9.17) is 10.5 Å². The van der Waals surface area contributed by atoms with E-state index >= 15 is 0 Å². The van der Waals surface area contributed by atoms with Crippen LogP contribution in [0.3, 0.4) is 0 Å². The molecule has 6 heteroatoms. The van der Waals surface area contributed by atoms with E-state index in [2.05, 4.69) is 4.98 Å². The van der Waals surface area contributed by atoms with Crippen molar-refractivity contribution in [2.24, 2.45) is 11.7 Å². The van der Waals surface area contributed by atoms with Gasteiger partial charge >= 0.3 is 11.9 Å². The molecule has 0 fully saturated rings. The third kappa shape index (κ3) is 4.33. The number of aromatic nitrogens is 1. The Kier molecular flexibility index (Phi) is 4.61. The van der Waals surface area contributed by atoms with Crippen LogP contribution in [-0.2, 0) is 14.3 Å². The first kappa shape index (κ1) is 15.1. The quantitative estimate of drug-likeness (QED) is 0.625. The van der Waals surface area contributed by atoms with Crippen molar-refractivity contribution in [1.82, 2.24) is 4.98 Å². The Bertz CT molecular complexity index is 453. The molecule has 0 aliphatic rings. The second-order valence-corrected chi connectivity index (χ2v) is 5.16. The van der Waals surface area contributed by atoms with Crippen molar-refractivity contribution in [2.75, 3.05) is 0 Å². The number of carboxylic acid groups (broad SMARTS) is 1. The monoisotopic (exact) mass is 266 g/mol. The van der Waals surface area contributed by atoms with Crippen LogP contribution >= 0.6 is 0 Å². The lowest BCUT2D eigenvalue weighted by molar-refractivity contribution is -0.167. The Morgan fingerprint density at radius 2 is 2.05 bits per heavy atom. The zero-order valence-corrected chi connectivity index (χ0v) is 11.2. The maximum Gasteiger partial charge on any atom is 0.322 e. The highest BCUT2D eigenvalue weighted by atomic mass is 16.6. The summed E-state index contributed by atoms with van der Waals surface area (Å²) in [5, 5.41) is 9.17. The summed E-state index contributed by atoms with van der Waals surface area (Å²) in [6, 6.07) is 2.25. The molecule has 0 aromatic carbocycles. The second-order valence-electron chi connectivity index (χ2n) is 5.16. The van der Waals surface area contributed by atoms with E-state index in [1.54, 1.807) is 39.1 Å². The van der Waals surface area contributed by atoms with E-state index in [1.165, 1.54) is 6.20 Å². The van der Waals surface area contributed by atoms with E-state index in [9.17, 15) is 14.7 Å². The minimum atomic E-state index is -1.46. The van der Waals surface area contributed by atoms with E-state index in [1.807, 2.05) is 0 Å². The molecule has 1 heterocycles. The van der Waals surface area contributed by atoms with Crippen LogP contribution in [0.1, 0.15) is 32.4 Å². The van der Waals surface area contributed by atoms with Crippen LogP contribution in [0.2, 0.25) is 0 Å². The Hall–Kier alpha value is -1.95. The molecule has 1 aromatic heterocycles. The summed E-state index contributed by atoms with van der Waals surface area (Å²) in [5.74, 6) is -3.62. The number of aliphatic carboxylic acids is 1. The average molecular weight is 266 g/mol. The van der Waals surface area contributed by atoms with Crippen LogP contribution in [-0.4, -0.2) is 27.6 Å². The fourth-order valence-electron chi connectivity index (χ4n) is 1.53. The molecular formula is C13H18N2O4. The number of carboxylic acids is 1. The lowest BCUT2D eigenvalue weighted by Crippen LogP contribution is -2.39. The Morgan fingerprint density at radius 3 is 2.47 bits per heavy atom. The average Bonchev–Trinajstić information content (AvgIpc) is 2.27. The highest BCUT2D eigenvalue weighted by Crippen LogP contribution is 2.22. The standard InChI is InChI=1S/C13H18N2O4/c1-13(2,3)19-12(18)9(11(16)17)10(14)8-5-4-6-15-7-8/h4-7,9-10H,14H2,1-3H3,(H,16,17)/t9-,10?/m0/s1. The molecule has 1 rings (SSSR count).